The van der Waals surface area contributed by atoms with E-state index < -0.39 is 9.84 Å². The zero-order chi connectivity index (χ0) is 14.8. The van der Waals surface area contributed by atoms with Crippen molar-refractivity contribution in [1.82, 2.24) is 15.5 Å². The van der Waals surface area contributed by atoms with Gasteiger partial charge in [-0.3, -0.25) is 0 Å². The van der Waals surface area contributed by atoms with Crippen molar-refractivity contribution in [3.63, 3.8) is 0 Å². The van der Waals surface area contributed by atoms with Gasteiger partial charge in [0, 0.05) is 13.1 Å². The second kappa shape index (κ2) is 6.09. The third kappa shape index (κ3) is 3.92. The number of rotatable bonds is 6. The summed E-state index contributed by atoms with van der Waals surface area (Å²) in [5.74, 6) is 1.48. The molecule has 0 amide bonds. The Hall–Kier alpha value is -1.15. The van der Waals surface area contributed by atoms with Crippen LogP contribution in [0.3, 0.4) is 0 Å². The van der Waals surface area contributed by atoms with Gasteiger partial charge in [0.05, 0.1) is 18.1 Å². The van der Waals surface area contributed by atoms with Crippen molar-refractivity contribution < 1.29 is 12.8 Å². The Morgan fingerprint density at radius 2 is 2.20 bits per heavy atom. The number of aromatic nitrogens is 2. The number of hydrogen-bond donors (Lipinski definition) is 1. The van der Waals surface area contributed by atoms with Crippen molar-refractivity contribution in [2.45, 2.75) is 32.9 Å². The first kappa shape index (κ1) is 15.2. The summed E-state index contributed by atoms with van der Waals surface area (Å²) in [5, 5.41) is 11.2. The summed E-state index contributed by atoms with van der Waals surface area (Å²) in [7, 11) is -1.11. The van der Waals surface area contributed by atoms with Gasteiger partial charge in [-0.25, -0.2) is 8.42 Å². The Balaban J connectivity index is 1.91. The fourth-order valence-corrected chi connectivity index (χ4v) is 3.94. The van der Waals surface area contributed by atoms with Gasteiger partial charge < -0.3 is 14.6 Å². The summed E-state index contributed by atoms with van der Waals surface area (Å²) in [5.41, 5.74) is 0. The lowest BCUT2D eigenvalue weighted by Gasteiger charge is -2.20. The van der Waals surface area contributed by atoms with E-state index in [-0.39, 0.29) is 17.5 Å². The average molecular weight is 302 g/mol. The number of hydrogen-bond acceptors (Lipinski definition) is 7. The lowest BCUT2D eigenvalue weighted by Crippen LogP contribution is -2.32. The summed E-state index contributed by atoms with van der Waals surface area (Å²) >= 11 is 0. The first-order valence-corrected chi connectivity index (χ1v) is 8.66. The second-order valence-electron chi connectivity index (χ2n) is 5.67. The predicted molar refractivity (Wildman–Crippen MR) is 76.3 cm³/mol. The molecule has 2 heterocycles. The fourth-order valence-electron chi connectivity index (χ4n) is 2.16. The van der Waals surface area contributed by atoms with E-state index in [1.807, 2.05) is 0 Å². The summed E-state index contributed by atoms with van der Waals surface area (Å²) in [4.78, 5) is 1.77. The lowest BCUT2D eigenvalue weighted by molar-refractivity contribution is 0.444. The van der Waals surface area contributed by atoms with Crippen molar-refractivity contribution in [1.29, 1.82) is 0 Å². The molecule has 1 aromatic heterocycles. The maximum Gasteiger partial charge on any atom is 0.318 e. The maximum absolute atomic E-state index is 11.5. The predicted octanol–water partition coefficient (Wildman–Crippen LogP) is 0.439. The number of nitrogens with one attached hydrogen (secondary N) is 1. The van der Waals surface area contributed by atoms with Gasteiger partial charge in [0.2, 0.25) is 5.89 Å². The van der Waals surface area contributed by atoms with Crippen LogP contribution >= 0.6 is 0 Å². The standard InChI is InChI=1S/C12H22N4O3S/c1-9(2)6-13-7-11-14-15-12(19-11)16(3)10-4-5-20(17,18)8-10/h9-10,13H,4-8H2,1-3H3. The van der Waals surface area contributed by atoms with Gasteiger partial charge in [0.1, 0.15) is 0 Å². The first-order chi connectivity index (χ1) is 9.37. The molecule has 2 rings (SSSR count). The van der Waals surface area contributed by atoms with E-state index in [4.69, 9.17) is 4.42 Å². The molecular formula is C12H22N4O3S. The quantitative estimate of drug-likeness (QED) is 0.815. The van der Waals surface area contributed by atoms with Crippen molar-refractivity contribution in [2.24, 2.45) is 5.92 Å². The molecule has 20 heavy (non-hydrogen) atoms. The average Bonchev–Trinajstić information content (AvgIpc) is 2.94. The summed E-state index contributed by atoms with van der Waals surface area (Å²) in [6.07, 6.45) is 0.613. The third-order valence-electron chi connectivity index (χ3n) is 3.34. The Bertz CT molecular complexity index is 541. The van der Waals surface area contributed by atoms with Crippen molar-refractivity contribution >= 4 is 15.9 Å². The molecule has 0 saturated carbocycles. The zero-order valence-electron chi connectivity index (χ0n) is 12.2. The minimum Gasteiger partial charge on any atom is -0.407 e. The van der Waals surface area contributed by atoms with Gasteiger partial charge in [-0.2, -0.15) is 0 Å². The molecule has 0 aliphatic carbocycles. The molecular weight excluding hydrogens is 280 g/mol. The van der Waals surface area contributed by atoms with Gasteiger partial charge in [-0.1, -0.05) is 18.9 Å². The molecule has 1 saturated heterocycles. The van der Waals surface area contributed by atoms with E-state index >= 15 is 0 Å². The Labute approximate surface area is 119 Å². The number of nitrogens with zero attached hydrogens (tertiary/aromatic N) is 3. The molecule has 1 fully saturated rings. The fraction of sp³-hybridized carbons (Fsp3) is 0.833. The minimum absolute atomic E-state index is 0.0723. The van der Waals surface area contributed by atoms with E-state index in [9.17, 15) is 8.42 Å². The van der Waals surface area contributed by atoms with Crippen LogP contribution in [0, 0.1) is 5.92 Å². The molecule has 1 aliphatic heterocycles. The zero-order valence-corrected chi connectivity index (χ0v) is 13.0. The molecule has 0 aromatic carbocycles. The minimum atomic E-state index is -2.91. The van der Waals surface area contributed by atoms with Gasteiger partial charge in [0.25, 0.3) is 0 Å². The third-order valence-corrected chi connectivity index (χ3v) is 5.09. The van der Waals surface area contributed by atoms with Gasteiger partial charge in [-0.15, -0.1) is 5.10 Å². The Kier molecular flexibility index (Phi) is 4.64. The van der Waals surface area contributed by atoms with Gasteiger partial charge >= 0.3 is 6.01 Å². The van der Waals surface area contributed by atoms with Crippen LogP contribution in [-0.4, -0.2) is 49.8 Å². The van der Waals surface area contributed by atoms with Crippen molar-refractivity contribution in [3.8, 4) is 0 Å². The maximum atomic E-state index is 11.5. The van der Waals surface area contributed by atoms with Crippen LogP contribution in [0.25, 0.3) is 0 Å². The van der Waals surface area contributed by atoms with Crippen LogP contribution in [0.2, 0.25) is 0 Å². The molecule has 0 bridgehead atoms. The molecule has 0 spiro atoms. The SMILES string of the molecule is CC(C)CNCc1nnc(N(C)C2CCS(=O)(=O)C2)o1. The van der Waals surface area contributed by atoms with E-state index in [0.717, 1.165) is 6.54 Å². The number of anilines is 1. The van der Waals surface area contributed by atoms with Gasteiger partial charge in [0.15, 0.2) is 9.84 Å². The number of sulfone groups is 1. The lowest BCUT2D eigenvalue weighted by atomic mass is 10.2. The van der Waals surface area contributed by atoms with Gasteiger partial charge in [-0.05, 0) is 18.9 Å². The Morgan fingerprint density at radius 1 is 1.45 bits per heavy atom. The molecule has 1 aliphatic rings. The molecule has 1 unspecified atom stereocenters. The van der Waals surface area contributed by atoms with Crippen LogP contribution < -0.4 is 10.2 Å². The summed E-state index contributed by atoms with van der Waals surface area (Å²) < 4.78 is 28.5. The Morgan fingerprint density at radius 3 is 2.80 bits per heavy atom. The highest BCUT2D eigenvalue weighted by Crippen LogP contribution is 2.21. The monoisotopic (exact) mass is 302 g/mol. The molecule has 1 aromatic rings. The van der Waals surface area contributed by atoms with Crippen LogP contribution in [0.15, 0.2) is 4.42 Å². The molecule has 114 valence electrons. The highest BCUT2D eigenvalue weighted by Gasteiger charge is 2.32. The van der Waals surface area contributed by atoms with Crippen LogP contribution in [-0.2, 0) is 16.4 Å². The molecule has 0 radical (unpaired) electrons. The molecule has 1 atom stereocenters. The summed E-state index contributed by atoms with van der Waals surface area (Å²) in [6.45, 7) is 5.66. The second-order valence-corrected chi connectivity index (χ2v) is 7.90. The highest BCUT2D eigenvalue weighted by atomic mass is 32.2. The normalized spacial score (nSPS) is 21.5. The molecule has 7 nitrogen and oxygen atoms in total. The largest absolute Gasteiger partial charge is 0.407 e. The molecule has 8 heteroatoms. The smallest absolute Gasteiger partial charge is 0.318 e. The first-order valence-electron chi connectivity index (χ1n) is 6.84. The van der Waals surface area contributed by atoms with Crippen LogP contribution in [0.1, 0.15) is 26.2 Å². The molecule has 1 N–H and O–H groups in total. The van der Waals surface area contributed by atoms with E-state index in [2.05, 4.69) is 29.4 Å². The van der Waals surface area contributed by atoms with E-state index in [1.54, 1.807) is 11.9 Å². The van der Waals surface area contributed by atoms with Crippen molar-refractivity contribution in [2.75, 3.05) is 30.0 Å². The van der Waals surface area contributed by atoms with E-state index in [0.29, 0.717) is 30.8 Å². The topological polar surface area (TPSA) is 88.3 Å². The summed E-state index contributed by atoms with van der Waals surface area (Å²) in [6, 6.07) is 0.311. The van der Waals surface area contributed by atoms with Crippen LogP contribution in [0.5, 0.6) is 0 Å². The highest BCUT2D eigenvalue weighted by molar-refractivity contribution is 7.91. The van der Waals surface area contributed by atoms with E-state index in [1.165, 1.54) is 0 Å². The van der Waals surface area contributed by atoms with Crippen molar-refractivity contribution in [3.05, 3.63) is 5.89 Å². The van der Waals surface area contributed by atoms with Crippen LogP contribution in [0.4, 0.5) is 6.01 Å².